The topological polar surface area (TPSA) is 3.24 Å². The van der Waals surface area contributed by atoms with Crippen LogP contribution in [0.3, 0.4) is 0 Å². The second-order valence-corrected chi connectivity index (χ2v) is 13.2. The van der Waals surface area contributed by atoms with Gasteiger partial charge in [0.2, 0.25) is 0 Å². The predicted molar refractivity (Wildman–Crippen MR) is 156 cm³/mol. The summed E-state index contributed by atoms with van der Waals surface area (Å²) in [5.41, 5.74) is 9.70. The number of nitrogens with zero attached hydrogens (tertiary/aromatic N) is 1. The maximum absolute atomic E-state index is 2.69. The van der Waals surface area contributed by atoms with E-state index in [0.29, 0.717) is 17.9 Å². The van der Waals surface area contributed by atoms with Crippen LogP contribution in [0.4, 0.5) is 0 Å². The Hall–Kier alpha value is -3.68. The molecule has 3 aliphatic carbocycles. The van der Waals surface area contributed by atoms with Crippen LogP contribution in [0.25, 0.3) is 86.2 Å². The van der Waals surface area contributed by atoms with Crippen molar-refractivity contribution >= 4 is 86.2 Å². The van der Waals surface area contributed by atoms with Gasteiger partial charge in [0.05, 0.1) is 0 Å². The summed E-state index contributed by atoms with van der Waals surface area (Å²) in [4.78, 5) is 2.63. The highest BCUT2D eigenvalue weighted by Gasteiger charge is 2.46. The van der Waals surface area contributed by atoms with Crippen molar-refractivity contribution in [2.24, 2.45) is 0 Å². The fourth-order valence-corrected chi connectivity index (χ4v) is 11.0. The minimum atomic E-state index is 0.581. The average Bonchev–Trinajstić information content (AvgIpc) is 3.67. The monoisotopic (exact) mass is 467 g/mol. The van der Waals surface area contributed by atoms with Crippen molar-refractivity contribution < 1.29 is 0 Å². The first-order valence-electron chi connectivity index (χ1n) is 14.1. The van der Waals surface area contributed by atoms with Crippen LogP contribution in [0, 0.1) is 0 Å². The second-order valence-electron chi connectivity index (χ2n) is 13.2. The largest absolute Gasteiger partial charge is 0.302 e. The number of hydrogen-bond acceptors (Lipinski definition) is 1. The zero-order chi connectivity index (χ0) is 23.4. The van der Waals surface area contributed by atoms with E-state index in [-0.39, 0.29) is 0 Å². The number of likely N-dealkylation sites (tertiary alicyclic amines) is 1. The van der Waals surface area contributed by atoms with Gasteiger partial charge in [0.1, 0.15) is 0 Å². The molecule has 0 amide bonds. The van der Waals surface area contributed by atoms with Crippen LogP contribution in [-0.2, 0) is 12.8 Å². The molecule has 0 radical (unpaired) electrons. The molecule has 170 valence electrons. The van der Waals surface area contributed by atoms with E-state index in [0.717, 1.165) is 12.8 Å². The van der Waals surface area contributed by atoms with Gasteiger partial charge in [-0.1, -0.05) is 36.4 Å². The number of hydrogen-bond donors (Lipinski definition) is 0. The molecule has 0 bridgehead atoms. The van der Waals surface area contributed by atoms with Crippen LogP contribution >= 0.6 is 0 Å². The van der Waals surface area contributed by atoms with Crippen molar-refractivity contribution in [3.05, 3.63) is 69.8 Å². The average molecular weight is 468 g/mol. The summed E-state index contributed by atoms with van der Waals surface area (Å²) in [5, 5.41) is 25.5. The summed E-state index contributed by atoms with van der Waals surface area (Å²) in [5.74, 6) is 1.21. The van der Waals surface area contributed by atoms with Crippen molar-refractivity contribution in [2.75, 3.05) is 13.6 Å². The lowest BCUT2D eigenvalue weighted by molar-refractivity contribution is 0.318. The number of fused-ring (bicyclic) bond motifs is 3. The minimum Gasteiger partial charge on any atom is -0.302 e. The molecule has 1 nitrogen and oxygen atoms in total. The molecule has 1 fully saturated rings. The molecule has 9 aromatic carbocycles. The molecule has 1 saturated heterocycles. The quantitative estimate of drug-likeness (QED) is 0.202. The highest BCUT2D eigenvalue weighted by atomic mass is 15.2. The molecule has 1 aliphatic heterocycles. The second kappa shape index (κ2) is 4.57. The van der Waals surface area contributed by atoms with Gasteiger partial charge in [-0.15, -0.1) is 0 Å². The molecular weight excluding hydrogens is 446 g/mol. The van der Waals surface area contributed by atoms with Crippen LogP contribution in [0.2, 0.25) is 0 Å². The maximum Gasteiger partial charge on any atom is 0.0139 e. The summed E-state index contributed by atoms with van der Waals surface area (Å²) in [6.07, 6.45) is 2.20. The van der Waals surface area contributed by atoms with Crippen molar-refractivity contribution in [3.8, 4) is 0 Å². The molecule has 0 saturated carbocycles. The minimum absolute atomic E-state index is 0.581. The molecule has 0 N–H and O–H groups in total. The lowest BCUT2D eigenvalue weighted by Gasteiger charge is -2.30. The van der Waals surface area contributed by atoms with E-state index in [1.165, 1.54) is 17.3 Å². The van der Waals surface area contributed by atoms with Crippen molar-refractivity contribution in [2.45, 2.75) is 37.6 Å². The Morgan fingerprint density at radius 1 is 0.541 bits per heavy atom. The van der Waals surface area contributed by atoms with Gasteiger partial charge in [0, 0.05) is 24.4 Å². The standard InChI is InChI=1S/C36H21N/c1-12-22-20-10-18-8-16-6-14-4-3-13-5-15-7-17-9-19(21(22)11-37(12)2)29-30(20)34-28(18)26(16)32-24(14)23(13)31-25(15)27(17)33(29)36(34)35(31)32/h3-6,9-10,12,21-22H,7-8,11H2,1-2H3. The van der Waals surface area contributed by atoms with E-state index in [9.17, 15) is 0 Å². The van der Waals surface area contributed by atoms with Gasteiger partial charge in [-0.25, -0.2) is 0 Å². The lowest BCUT2D eigenvalue weighted by atomic mass is 9.73. The van der Waals surface area contributed by atoms with Gasteiger partial charge in [0.25, 0.3) is 0 Å². The van der Waals surface area contributed by atoms with Gasteiger partial charge in [-0.05, 0) is 146 Å². The molecule has 0 spiro atoms. The van der Waals surface area contributed by atoms with Crippen LogP contribution in [-0.4, -0.2) is 24.5 Å². The Balaban J connectivity index is 1.50. The molecule has 4 aliphatic rings. The van der Waals surface area contributed by atoms with Crippen LogP contribution in [0.1, 0.15) is 52.1 Å². The number of benzene rings is 7. The fraction of sp³-hybridized carbons (Fsp3) is 0.222. The van der Waals surface area contributed by atoms with Crippen LogP contribution in [0.5, 0.6) is 0 Å². The van der Waals surface area contributed by atoms with E-state index in [1.807, 2.05) is 0 Å². The molecule has 37 heavy (non-hydrogen) atoms. The zero-order valence-electron chi connectivity index (χ0n) is 20.8. The third-order valence-corrected chi connectivity index (χ3v) is 12.1. The predicted octanol–water partition coefficient (Wildman–Crippen LogP) is 8.42. The zero-order valence-corrected chi connectivity index (χ0v) is 20.8. The first-order valence-corrected chi connectivity index (χ1v) is 14.1. The van der Waals surface area contributed by atoms with E-state index in [4.69, 9.17) is 0 Å². The van der Waals surface area contributed by atoms with Gasteiger partial charge in [0.15, 0.2) is 0 Å². The first kappa shape index (κ1) is 16.9. The Labute approximate surface area is 211 Å². The van der Waals surface area contributed by atoms with E-state index < -0.39 is 0 Å². The molecule has 3 unspecified atom stereocenters. The Kier molecular flexibility index (Phi) is 2.09. The van der Waals surface area contributed by atoms with Gasteiger partial charge >= 0.3 is 0 Å². The fourth-order valence-electron chi connectivity index (χ4n) is 11.0. The van der Waals surface area contributed by atoms with Crippen LogP contribution < -0.4 is 0 Å². The van der Waals surface area contributed by atoms with E-state index in [2.05, 4.69) is 55.3 Å². The summed E-state index contributed by atoms with van der Waals surface area (Å²) in [6.45, 7) is 3.67. The Morgan fingerprint density at radius 3 is 1.59 bits per heavy atom. The third-order valence-electron chi connectivity index (χ3n) is 12.1. The Morgan fingerprint density at radius 2 is 1.00 bits per heavy atom. The molecule has 3 atom stereocenters. The van der Waals surface area contributed by atoms with E-state index >= 15 is 0 Å². The smallest absolute Gasteiger partial charge is 0.0139 e. The summed E-state index contributed by atoms with van der Waals surface area (Å²) >= 11 is 0. The van der Waals surface area contributed by atoms with Gasteiger partial charge < -0.3 is 4.90 Å². The molecule has 9 aromatic rings. The van der Waals surface area contributed by atoms with Gasteiger partial charge in [-0.3, -0.25) is 0 Å². The van der Waals surface area contributed by atoms with Crippen molar-refractivity contribution in [1.82, 2.24) is 4.90 Å². The van der Waals surface area contributed by atoms with Gasteiger partial charge in [-0.2, -0.15) is 0 Å². The SMILES string of the molecule is CC1C2c3cc4c5c6c(cc7ccc8cc9c%10c%11c(cc(c%12c3c5c(c%12%11)c3c%10c8c7c63)C2CN1C)C9)C4. The molecular formula is C36H21N. The van der Waals surface area contributed by atoms with E-state index in [1.54, 1.807) is 109 Å². The summed E-state index contributed by atoms with van der Waals surface area (Å²) < 4.78 is 0. The summed E-state index contributed by atoms with van der Waals surface area (Å²) in [7, 11) is 2.35. The maximum atomic E-state index is 2.69. The molecule has 0 aromatic heterocycles. The molecule has 1 heterocycles. The van der Waals surface area contributed by atoms with Crippen molar-refractivity contribution in [1.29, 1.82) is 0 Å². The third kappa shape index (κ3) is 1.33. The van der Waals surface area contributed by atoms with Crippen LogP contribution in [0.15, 0.2) is 36.4 Å². The number of likely N-dealkylation sites (N-methyl/N-ethyl adjacent to an activating group) is 1. The normalized spacial score (nSPS) is 24.3. The number of rotatable bonds is 0. The highest BCUT2D eigenvalue weighted by Crippen LogP contribution is 2.65. The Bertz CT molecular complexity index is 2550. The summed E-state index contributed by atoms with van der Waals surface area (Å²) in [6, 6.07) is 15.9. The van der Waals surface area contributed by atoms with Crippen molar-refractivity contribution in [3.63, 3.8) is 0 Å². The highest BCUT2D eigenvalue weighted by molar-refractivity contribution is 6.58. The molecule has 1 heteroatoms. The lowest BCUT2D eigenvalue weighted by Crippen LogP contribution is -2.25. The molecule has 13 rings (SSSR count). The first-order chi connectivity index (χ1) is 18.2.